The van der Waals surface area contributed by atoms with Crippen molar-refractivity contribution in [2.24, 2.45) is 5.92 Å². The number of anilines is 1. The van der Waals surface area contributed by atoms with Gasteiger partial charge in [0.25, 0.3) is 0 Å². The van der Waals surface area contributed by atoms with E-state index >= 15 is 0 Å². The van der Waals surface area contributed by atoms with Crippen LogP contribution < -0.4 is 5.32 Å². The second-order valence-corrected chi connectivity index (χ2v) is 5.57. The molecule has 1 amide bonds. The van der Waals surface area contributed by atoms with E-state index in [1.54, 1.807) is 10.7 Å². The van der Waals surface area contributed by atoms with E-state index in [0.717, 1.165) is 17.1 Å². The van der Waals surface area contributed by atoms with Gasteiger partial charge in [0.05, 0.1) is 11.9 Å². The van der Waals surface area contributed by atoms with Crippen molar-refractivity contribution in [2.75, 3.05) is 5.32 Å². The van der Waals surface area contributed by atoms with Crippen LogP contribution in [0.25, 0.3) is 11.3 Å². The maximum absolute atomic E-state index is 11.7. The average Bonchev–Trinajstić information content (AvgIpc) is 3.03. The zero-order valence-electron chi connectivity index (χ0n) is 13.0. The Labute approximate surface area is 128 Å². The van der Waals surface area contributed by atoms with Crippen molar-refractivity contribution in [3.63, 3.8) is 0 Å². The molecule has 22 heavy (non-hydrogen) atoms. The highest BCUT2D eigenvalue weighted by atomic mass is 16.2. The molecule has 0 aliphatic carbocycles. The number of nitrogens with one attached hydrogen (secondary N) is 1. The number of fused-ring (bicyclic) bond motifs is 1. The SMILES string of the molecule is Cc1cc2nc(NC(=O)C(C)C)nn2cc1-n1ccnc1C. The van der Waals surface area contributed by atoms with Gasteiger partial charge in [-0.2, -0.15) is 4.98 Å². The number of amides is 1. The number of imidazole rings is 1. The summed E-state index contributed by atoms with van der Waals surface area (Å²) >= 11 is 0. The summed E-state index contributed by atoms with van der Waals surface area (Å²) in [4.78, 5) is 20.3. The van der Waals surface area contributed by atoms with E-state index in [1.165, 1.54) is 0 Å². The van der Waals surface area contributed by atoms with Gasteiger partial charge in [-0.15, -0.1) is 5.10 Å². The highest BCUT2D eigenvalue weighted by molar-refractivity contribution is 5.90. The molecule has 3 aromatic rings. The van der Waals surface area contributed by atoms with E-state index in [-0.39, 0.29) is 11.8 Å². The second kappa shape index (κ2) is 5.25. The van der Waals surface area contributed by atoms with Gasteiger partial charge >= 0.3 is 0 Å². The zero-order chi connectivity index (χ0) is 15.9. The molecule has 3 rings (SSSR count). The molecule has 114 valence electrons. The van der Waals surface area contributed by atoms with E-state index in [4.69, 9.17) is 0 Å². The normalized spacial score (nSPS) is 11.3. The summed E-state index contributed by atoms with van der Waals surface area (Å²) in [7, 11) is 0. The quantitative estimate of drug-likeness (QED) is 0.803. The first kappa shape index (κ1) is 14.2. The van der Waals surface area contributed by atoms with Crippen LogP contribution in [0.2, 0.25) is 0 Å². The van der Waals surface area contributed by atoms with Crippen molar-refractivity contribution in [3.05, 3.63) is 36.0 Å². The standard InChI is InChI=1S/C15H18N6O/c1-9(2)14(22)18-15-17-13-7-10(3)12(8-21(13)19-15)20-6-5-16-11(20)4/h5-9H,1-4H3,(H,18,19,22). The summed E-state index contributed by atoms with van der Waals surface area (Å²) < 4.78 is 3.65. The van der Waals surface area contributed by atoms with Gasteiger partial charge in [0.15, 0.2) is 5.65 Å². The molecule has 0 bridgehead atoms. The molecule has 1 N–H and O–H groups in total. The number of hydrogen-bond donors (Lipinski definition) is 1. The third kappa shape index (κ3) is 2.45. The van der Waals surface area contributed by atoms with Crippen LogP contribution in [0.1, 0.15) is 25.2 Å². The van der Waals surface area contributed by atoms with Crippen molar-refractivity contribution in [3.8, 4) is 5.69 Å². The summed E-state index contributed by atoms with van der Waals surface area (Å²) in [6.45, 7) is 7.61. The van der Waals surface area contributed by atoms with Crippen LogP contribution in [-0.4, -0.2) is 30.1 Å². The summed E-state index contributed by atoms with van der Waals surface area (Å²) in [6, 6.07) is 1.94. The number of aromatic nitrogens is 5. The lowest BCUT2D eigenvalue weighted by molar-refractivity contribution is -0.118. The number of rotatable bonds is 3. The molecular formula is C15H18N6O. The van der Waals surface area contributed by atoms with Crippen LogP contribution in [0.3, 0.4) is 0 Å². The minimum Gasteiger partial charge on any atom is -0.302 e. The molecule has 0 spiro atoms. The Kier molecular flexibility index (Phi) is 3.40. The van der Waals surface area contributed by atoms with Crippen molar-refractivity contribution in [1.29, 1.82) is 0 Å². The Hall–Kier alpha value is -2.70. The van der Waals surface area contributed by atoms with Crippen LogP contribution in [0.4, 0.5) is 5.95 Å². The first-order chi connectivity index (χ1) is 10.5. The van der Waals surface area contributed by atoms with Gasteiger partial charge in [-0.05, 0) is 25.5 Å². The molecule has 3 aromatic heterocycles. The Morgan fingerprint density at radius 2 is 2.09 bits per heavy atom. The molecule has 0 aliphatic heterocycles. The predicted octanol–water partition coefficient (Wildman–Crippen LogP) is 2.13. The average molecular weight is 298 g/mol. The monoisotopic (exact) mass is 298 g/mol. The van der Waals surface area contributed by atoms with E-state index in [0.29, 0.717) is 11.6 Å². The number of nitrogens with zero attached hydrogens (tertiary/aromatic N) is 5. The molecule has 0 atom stereocenters. The van der Waals surface area contributed by atoms with Crippen LogP contribution in [0.5, 0.6) is 0 Å². The van der Waals surface area contributed by atoms with Gasteiger partial charge < -0.3 is 4.57 Å². The fourth-order valence-corrected chi connectivity index (χ4v) is 2.21. The van der Waals surface area contributed by atoms with E-state index in [1.807, 2.05) is 50.7 Å². The van der Waals surface area contributed by atoms with Crippen LogP contribution in [0, 0.1) is 19.8 Å². The maximum atomic E-state index is 11.7. The first-order valence-electron chi connectivity index (χ1n) is 7.14. The fraction of sp³-hybridized carbons (Fsp3) is 0.333. The molecule has 0 fully saturated rings. The van der Waals surface area contributed by atoms with Gasteiger partial charge in [-0.25, -0.2) is 9.50 Å². The lowest BCUT2D eigenvalue weighted by Gasteiger charge is -2.08. The second-order valence-electron chi connectivity index (χ2n) is 5.57. The number of carbonyl (C=O) groups excluding carboxylic acids is 1. The Morgan fingerprint density at radius 3 is 2.73 bits per heavy atom. The highest BCUT2D eigenvalue weighted by Crippen LogP contribution is 2.18. The lowest BCUT2D eigenvalue weighted by atomic mass is 10.2. The number of aryl methyl sites for hydroxylation is 2. The van der Waals surface area contributed by atoms with Gasteiger partial charge in [0.2, 0.25) is 11.9 Å². The molecule has 0 aliphatic rings. The maximum Gasteiger partial charge on any atom is 0.249 e. The van der Waals surface area contributed by atoms with Crippen LogP contribution in [0.15, 0.2) is 24.7 Å². The molecule has 3 heterocycles. The largest absolute Gasteiger partial charge is 0.302 e. The molecule has 0 unspecified atom stereocenters. The zero-order valence-corrected chi connectivity index (χ0v) is 13.0. The molecule has 0 aromatic carbocycles. The van der Waals surface area contributed by atoms with Gasteiger partial charge in [0, 0.05) is 18.3 Å². The van der Waals surface area contributed by atoms with Crippen molar-refractivity contribution >= 4 is 17.5 Å². The van der Waals surface area contributed by atoms with Crippen molar-refractivity contribution < 1.29 is 4.79 Å². The number of hydrogen-bond acceptors (Lipinski definition) is 4. The Bertz CT molecular complexity index is 845. The van der Waals surface area contributed by atoms with E-state index in [9.17, 15) is 4.79 Å². The van der Waals surface area contributed by atoms with Crippen LogP contribution in [-0.2, 0) is 4.79 Å². The minimum atomic E-state index is -0.113. The third-order valence-electron chi connectivity index (χ3n) is 3.50. The molecule has 0 saturated heterocycles. The molecule has 0 saturated carbocycles. The smallest absolute Gasteiger partial charge is 0.249 e. The Morgan fingerprint density at radius 1 is 1.32 bits per heavy atom. The highest BCUT2D eigenvalue weighted by Gasteiger charge is 2.13. The summed E-state index contributed by atoms with van der Waals surface area (Å²) in [5, 5.41) is 7.03. The molecule has 0 radical (unpaired) electrons. The van der Waals surface area contributed by atoms with Crippen molar-refractivity contribution in [2.45, 2.75) is 27.7 Å². The third-order valence-corrected chi connectivity index (χ3v) is 3.50. The molecule has 7 heteroatoms. The predicted molar refractivity (Wildman–Crippen MR) is 83.1 cm³/mol. The van der Waals surface area contributed by atoms with Gasteiger partial charge in [-0.1, -0.05) is 13.8 Å². The lowest BCUT2D eigenvalue weighted by Crippen LogP contribution is -2.18. The number of pyridine rings is 1. The molecular weight excluding hydrogens is 280 g/mol. The van der Waals surface area contributed by atoms with Gasteiger partial charge in [-0.3, -0.25) is 10.1 Å². The summed E-state index contributed by atoms with van der Waals surface area (Å²) in [6.07, 6.45) is 5.55. The fourth-order valence-electron chi connectivity index (χ4n) is 2.21. The number of carbonyl (C=O) groups is 1. The van der Waals surface area contributed by atoms with E-state index < -0.39 is 0 Å². The minimum absolute atomic E-state index is 0.0988. The first-order valence-corrected chi connectivity index (χ1v) is 7.14. The topological polar surface area (TPSA) is 77.1 Å². The molecule has 7 nitrogen and oxygen atoms in total. The van der Waals surface area contributed by atoms with Gasteiger partial charge in [0.1, 0.15) is 5.82 Å². The van der Waals surface area contributed by atoms with Crippen molar-refractivity contribution in [1.82, 2.24) is 24.1 Å². The van der Waals surface area contributed by atoms with Crippen LogP contribution >= 0.6 is 0 Å². The Balaban J connectivity index is 2.03. The van der Waals surface area contributed by atoms with E-state index in [2.05, 4.69) is 20.4 Å². The summed E-state index contributed by atoms with van der Waals surface area (Å²) in [5.74, 6) is 1.00. The summed E-state index contributed by atoms with van der Waals surface area (Å²) in [5.41, 5.74) is 2.73.